The first-order chi connectivity index (χ1) is 11.1. The van der Waals surface area contributed by atoms with Gasteiger partial charge in [-0.05, 0) is 31.4 Å². The van der Waals surface area contributed by atoms with Crippen LogP contribution in [0.5, 0.6) is 0 Å². The molecule has 2 heterocycles. The van der Waals surface area contributed by atoms with Crippen molar-refractivity contribution in [1.82, 2.24) is 4.98 Å². The fourth-order valence-corrected chi connectivity index (χ4v) is 2.91. The fraction of sp³-hybridized carbons (Fsp3) is 0.353. The Hall–Kier alpha value is -2.47. The number of hydrogen-bond acceptors (Lipinski definition) is 5. The van der Waals surface area contributed by atoms with Crippen LogP contribution in [0, 0.1) is 17.0 Å². The number of anilines is 1. The zero-order chi connectivity index (χ0) is 16.2. The van der Waals surface area contributed by atoms with Crippen molar-refractivity contribution in [1.29, 1.82) is 0 Å². The molecule has 120 valence electrons. The van der Waals surface area contributed by atoms with E-state index in [2.05, 4.69) is 10.3 Å². The van der Waals surface area contributed by atoms with Crippen molar-refractivity contribution < 1.29 is 9.66 Å². The zero-order valence-corrected chi connectivity index (χ0v) is 12.9. The Balaban J connectivity index is 1.76. The van der Waals surface area contributed by atoms with Crippen LogP contribution in [0.1, 0.15) is 30.1 Å². The number of aromatic nitrogens is 1. The van der Waals surface area contributed by atoms with Crippen LogP contribution in [0.3, 0.4) is 0 Å². The Bertz CT molecular complexity index is 691. The molecule has 6 nitrogen and oxygen atoms in total. The molecule has 0 radical (unpaired) electrons. The lowest BCUT2D eigenvalue weighted by atomic mass is 9.97. The van der Waals surface area contributed by atoms with Gasteiger partial charge in [0.25, 0.3) is 0 Å². The van der Waals surface area contributed by atoms with E-state index in [4.69, 9.17) is 4.74 Å². The maximum atomic E-state index is 11.3. The third-order valence-corrected chi connectivity index (χ3v) is 4.10. The average Bonchev–Trinajstić information content (AvgIpc) is 2.56. The molecule has 1 aromatic carbocycles. The van der Waals surface area contributed by atoms with Crippen LogP contribution in [0.4, 0.5) is 11.5 Å². The maximum Gasteiger partial charge on any atom is 0.314 e. The lowest BCUT2D eigenvalue weighted by Crippen LogP contribution is -2.30. The van der Waals surface area contributed by atoms with Crippen LogP contribution in [-0.4, -0.2) is 22.6 Å². The highest BCUT2D eigenvalue weighted by molar-refractivity contribution is 5.60. The number of rotatable bonds is 4. The maximum absolute atomic E-state index is 11.3. The predicted molar refractivity (Wildman–Crippen MR) is 87.4 cm³/mol. The van der Waals surface area contributed by atoms with E-state index in [0.29, 0.717) is 18.0 Å². The lowest BCUT2D eigenvalue weighted by molar-refractivity contribution is -0.384. The number of nitrogens with zero attached hydrogens (tertiary/aromatic N) is 2. The molecule has 0 aliphatic carbocycles. The molecule has 1 aliphatic rings. The Morgan fingerprint density at radius 3 is 2.83 bits per heavy atom. The van der Waals surface area contributed by atoms with Gasteiger partial charge < -0.3 is 10.1 Å². The van der Waals surface area contributed by atoms with Crippen molar-refractivity contribution in [3.63, 3.8) is 0 Å². The number of hydrogen-bond donors (Lipinski definition) is 1. The van der Waals surface area contributed by atoms with Gasteiger partial charge in [-0.1, -0.05) is 30.3 Å². The first-order valence-corrected chi connectivity index (χ1v) is 7.68. The van der Waals surface area contributed by atoms with Crippen molar-refractivity contribution in [3.8, 4) is 0 Å². The minimum Gasteiger partial charge on any atom is -0.373 e. The highest BCUT2D eigenvalue weighted by Crippen LogP contribution is 2.32. The van der Waals surface area contributed by atoms with E-state index in [1.165, 1.54) is 0 Å². The second-order valence-corrected chi connectivity index (χ2v) is 5.72. The van der Waals surface area contributed by atoms with Crippen molar-refractivity contribution in [3.05, 3.63) is 63.8 Å². The number of ether oxygens (including phenoxy) is 1. The molecule has 1 fully saturated rings. The quantitative estimate of drug-likeness (QED) is 0.689. The SMILES string of the molecule is Cc1ccnc(NC2CCOC(c3ccccc3)C2)c1[N+](=O)[O-]. The molecule has 6 heteroatoms. The fourth-order valence-electron chi connectivity index (χ4n) is 2.91. The van der Waals surface area contributed by atoms with Crippen molar-refractivity contribution in [2.75, 3.05) is 11.9 Å². The first kappa shape index (κ1) is 15.4. The van der Waals surface area contributed by atoms with Gasteiger partial charge in [-0.2, -0.15) is 0 Å². The van der Waals surface area contributed by atoms with Crippen LogP contribution in [0.2, 0.25) is 0 Å². The molecule has 2 aromatic rings. The summed E-state index contributed by atoms with van der Waals surface area (Å²) < 4.78 is 5.84. The summed E-state index contributed by atoms with van der Waals surface area (Å²) >= 11 is 0. The Kier molecular flexibility index (Phi) is 4.52. The number of benzene rings is 1. The summed E-state index contributed by atoms with van der Waals surface area (Å²) in [5.74, 6) is 0.341. The molecule has 0 saturated carbocycles. The Morgan fingerprint density at radius 1 is 1.30 bits per heavy atom. The highest BCUT2D eigenvalue weighted by Gasteiger charge is 2.27. The standard InChI is InChI=1S/C17H19N3O3/c1-12-7-9-18-17(16(12)20(21)22)19-14-8-10-23-15(11-14)13-5-3-2-4-6-13/h2-7,9,14-15H,8,10-11H2,1H3,(H,18,19). The summed E-state index contributed by atoms with van der Waals surface area (Å²) in [6, 6.07) is 11.8. The third-order valence-electron chi connectivity index (χ3n) is 4.10. The Labute approximate surface area is 134 Å². The second-order valence-electron chi connectivity index (χ2n) is 5.72. The molecule has 1 N–H and O–H groups in total. The van der Waals surface area contributed by atoms with E-state index in [1.54, 1.807) is 19.2 Å². The molecule has 2 atom stereocenters. The topological polar surface area (TPSA) is 77.3 Å². The van der Waals surface area contributed by atoms with Crippen LogP contribution >= 0.6 is 0 Å². The third kappa shape index (κ3) is 3.48. The summed E-state index contributed by atoms with van der Waals surface area (Å²) in [7, 11) is 0. The van der Waals surface area contributed by atoms with Crippen LogP contribution < -0.4 is 5.32 Å². The van der Waals surface area contributed by atoms with E-state index in [9.17, 15) is 10.1 Å². The number of nitrogens with one attached hydrogen (secondary N) is 1. The number of nitro groups is 1. The van der Waals surface area contributed by atoms with Gasteiger partial charge >= 0.3 is 5.69 Å². The molecule has 23 heavy (non-hydrogen) atoms. The van der Waals surface area contributed by atoms with E-state index in [1.807, 2.05) is 30.3 Å². The van der Waals surface area contributed by atoms with Gasteiger partial charge in [-0.15, -0.1) is 0 Å². The number of aryl methyl sites for hydroxylation is 1. The number of pyridine rings is 1. The summed E-state index contributed by atoms with van der Waals surface area (Å²) in [6.07, 6.45) is 3.16. The van der Waals surface area contributed by atoms with Gasteiger partial charge in [0.2, 0.25) is 5.82 Å². The molecule has 0 bridgehead atoms. The molecule has 1 saturated heterocycles. The van der Waals surface area contributed by atoms with Crippen LogP contribution in [-0.2, 0) is 4.74 Å². The van der Waals surface area contributed by atoms with Gasteiger partial charge in [0.15, 0.2) is 0 Å². The second kappa shape index (κ2) is 6.75. The van der Waals surface area contributed by atoms with E-state index < -0.39 is 0 Å². The van der Waals surface area contributed by atoms with Gasteiger partial charge in [-0.25, -0.2) is 4.98 Å². The van der Waals surface area contributed by atoms with Crippen LogP contribution in [0.15, 0.2) is 42.6 Å². The molecule has 0 spiro atoms. The average molecular weight is 313 g/mol. The normalized spacial score (nSPS) is 20.9. The smallest absolute Gasteiger partial charge is 0.314 e. The van der Waals surface area contributed by atoms with Crippen molar-refractivity contribution in [2.24, 2.45) is 0 Å². The molecule has 2 unspecified atom stereocenters. The zero-order valence-electron chi connectivity index (χ0n) is 12.9. The van der Waals surface area contributed by atoms with Crippen LogP contribution in [0.25, 0.3) is 0 Å². The van der Waals surface area contributed by atoms with E-state index in [0.717, 1.165) is 18.4 Å². The van der Waals surface area contributed by atoms with Crippen molar-refractivity contribution in [2.45, 2.75) is 31.9 Å². The molecule has 3 rings (SSSR count). The minimum atomic E-state index is -0.376. The molecule has 1 aliphatic heterocycles. The predicted octanol–water partition coefficient (Wildman–Crippen LogP) is 3.63. The molecule has 1 aromatic heterocycles. The molecule has 0 amide bonds. The summed E-state index contributed by atoms with van der Waals surface area (Å²) in [6.45, 7) is 2.35. The van der Waals surface area contributed by atoms with Gasteiger partial charge in [0.1, 0.15) is 0 Å². The first-order valence-electron chi connectivity index (χ1n) is 7.68. The lowest BCUT2D eigenvalue weighted by Gasteiger charge is -2.30. The molecular formula is C17H19N3O3. The van der Waals surface area contributed by atoms with E-state index >= 15 is 0 Å². The summed E-state index contributed by atoms with van der Waals surface area (Å²) in [4.78, 5) is 15.1. The minimum absolute atomic E-state index is 0.00585. The largest absolute Gasteiger partial charge is 0.373 e. The highest BCUT2D eigenvalue weighted by atomic mass is 16.6. The van der Waals surface area contributed by atoms with Gasteiger partial charge in [-0.3, -0.25) is 10.1 Å². The summed E-state index contributed by atoms with van der Waals surface area (Å²) in [5.41, 5.74) is 1.79. The van der Waals surface area contributed by atoms with E-state index in [-0.39, 0.29) is 22.8 Å². The monoisotopic (exact) mass is 313 g/mol. The molecular weight excluding hydrogens is 294 g/mol. The van der Waals surface area contributed by atoms with Crippen molar-refractivity contribution >= 4 is 11.5 Å². The van der Waals surface area contributed by atoms with Gasteiger partial charge in [0, 0.05) is 24.4 Å². The Morgan fingerprint density at radius 2 is 2.09 bits per heavy atom. The summed E-state index contributed by atoms with van der Waals surface area (Å²) in [5, 5.41) is 14.5. The van der Waals surface area contributed by atoms with Gasteiger partial charge in [0.05, 0.1) is 11.0 Å².